The van der Waals surface area contributed by atoms with Crippen LogP contribution in [-0.2, 0) is 9.47 Å². The van der Waals surface area contributed by atoms with Crippen LogP contribution in [0.4, 0.5) is 0 Å². The van der Waals surface area contributed by atoms with Crippen molar-refractivity contribution in [2.75, 3.05) is 26.6 Å². The molecule has 0 spiro atoms. The molecule has 0 unspecified atom stereocenters. The average molecular weight is 148 g/mol. The molecule has 3 nitrogen and oxygen atoms in total. The first kappa shape index (κ1) is 9.88. The highest BCUT2D eigenvalue weighted by atomic mass is 16.7. The van der Waals surface area contributed by atoms with Crippen molar-refractivity contribution in [2.45, 2.75) is 13.8 Å². The molecule has 0 bridgehead atoms. The molecular formula is C7H16O3. The van der Waals surface area contributed by atoms with Gasteiger partial charge in [0.25, 0.3) is 0 Å². The molecule has 0 aliphatic carbocycles. The van der Waals surface area contributed by atoms with E-state index in [1.54, 1.807) is 0 Å². The molecule has 0 rings (SSSR count). The largest absolute Gasteiger partial charge is 0.394 e. The lowest BCUT2D eigenvalue weighted by atomic mass is 10.2. The van der Waals surface area contributed by atoms with Gasteiger partial charge >= 0.3 is 0 Å². The molecule has 62 valence electrons. The first-order valence-electron chi connectivity index (χ1n) is 3.53. The third-order valence-corrected chi connectivity index (χ3v) is 0.853. The molecule has 0 aromatic heterocycles. The summed E-state index contributed by atoms with van der Waals surface area (Å²) in [7, 11) is 0. The minimum atomic E-state index is 0.0606. The van der Waals surface area contributed by atoms with Crippen LogP contribution >= 0.6 is 0 Å². The summed E-state index contributed by atoms with van der Waals surface area (Å²) in [6, 6.07) is 0. The maximum atomic E-state index is 8.29. The van der Waals surface area contributed by atoms with E-state index in [1.807, 2.05) is 0 Å². The molecule has 0 amide bonds. The maximum Gasteiger partial charge on any atom is 0.146 e. The van der Waals surface area contributed by atoms with Gasteiger partial charge in [-0.25, -0.2) is 0 Å². The summed E-state index contributed by atoms with van der Waals surface area (Å²) in [6.07, 6.45) is 0. The lowest BCUT2D eigenvalue weighted by molar-refractivity contribution is -0.0692. The van der Waals surface area contributed by atoms with Crippen molar-refractivity contribution in [3.63, 3.8) is 0 Å². The van der Waals surface area contributed by atoms with Crippen molar-refractivity contribution in [1.29, 1.82) is 0 Å². The van der Waals surface area contributed by atoms with Crippen molar-refractivity contribution in [1.82, 2.24) is 0 Å². The van der Waals surface area contributed by atoms with Crippen molar-refractivity contribution in [3.05, 3.63) is 0 Å². The van der Waals surface area contributed by atoms with E-state index in [1.165, 1.54) is 0 Å². The Hall–Kier alpha value is -0.120. The Morgan fingerprint density at radius 2 is 2.00 bits per heavy atom. The van der Waals surface area contributed by atoms with Crippen LogP contribution in [-0.4, -0.2) is 31.7 Å². The summed E-state index contributed by atoms with van der Waals surface area (Å²) in [6.45, 7) is 5.57. The average Bonchev–Trinajstić information content (AvgIpc) is 1.87. The quantitative estimate of drug-likeness (QED) is 0.443. The van der Waals surface area contributed by atoms with Crippen LogP contribution in [0.2, 0.25) is 0 Å². The lowest BCUT2D eigenvalue weighted by Gasteiger charge is -2.05. The Morgan fingerprint density at radius 3 is 2.50 bits per heavy atom. The van der Waals surface area contributed by atoms with E-state index in [-0.39, 0.29) is 6.61 Å². The van der Waals surface area contributed by atoms with Gasteiger partial charge in [0.15, 0.2) is 0 Å². The summed E-state index contributed by atoms with van der Waals surface area (Å²) >= 11 is 0. The molecule has 0 saturated carbocycles. The molecule has 10 heavy (non-hydrogen) atoms. The number of aliphatic hydroxyl groups is 1. The Balaban J connectivity index is 2.77. The Bertz CT molecular complexity index is 63.9. The number of ether oxygens (including phenoxy) is 2. The van der Waals surface area contributed by atoms with Gasteiger partial charge in [-0.15, -0.1) is 0 Å². The first-order valence-corrected chi connectivity index (χ1v) is 3.53. The standard InChI is InChI=1S/C7H16O3/c1-7(2)5-10-6-9-4-3-8/h7-8H,3-6H2,1-2H3. The van der Waals surface area contributed by atoms with E-state index in [4.69, 9.17) is 14.6 Å². The molecular weight excluding hydrogens is 132 g/mol. The first-order chi connectivity index (χ1) is 4.77. The Morgan fingerprint density at radius 1 is 1.30 bits per heavy atom. The third kappa shape index (κ3) is 7.88. The maximum absolute atomic E-state index is 8.29. The summed E-state index contributed by atoms with van der Waals surface area (Å²) in [5, 5.41) is 8.29. The minimum Gasteiger partial charge on any atom is -0.394 e. The van der Waals surface area contributed by atoms with Gasteiger partial charge in [-0.3, -0.25) is 0 Å². The van der Waals surface area contributed by atoms with Gasteiger partial charge in [0.05, 0.1) is 19.8 Å². The SMILES string of the molecule is CC(C)COCOCCO. The van der Waals surface area contributed by atoms with E-state index in [0.29, 0.717) is 25.9 Å². The summed E-state index contributed by atoms with van der Waals surface area (Å²) in [4.78, 5) is 0. The van der Waals surface area contributed by atoms with E-state index < -0.39 is 0 Å². The number of hydrogen-bond acceptors (Lipinski definition) is 3. The van der Waals surface area contributed by atoms with Crippen LogP contribution in [0.1, 0.15) is 13.8 Å². The molecule has 1 N–H and O–H groups in total. The second-order valence-corrected chi connectivity index (χ2v) is 2.51. The lowest BCUT2D eigenvalue weighted by Crippen LogP contribution is -2.08. The molecule has 0 heterocycles. The predicted octanol–water partition coefficient (Wildman–Crippen LogP) is 0.625. The van der Waals surface area contributed by atoms with Crippen molar-refractivity contribution in [3.8, 4) is 0 Å². The monoisotopic (exact) mass is 148 g/mol. The van der Waals surface area contributed by atoms with Crippen LogP contribution in [0.25, 0.3) is 0 Å². The topological polar surface area (TPSA) is 38.7 Å². The third-order valence-electron chi connectivity index (χ3n) is 0.853. The fourth-order valence-electron chi connectivity index (χ4n) is 0.466. The normalized spacial score (nSPS) is 10.8. The zero-order valence-electron chi connectivity index (χ0n) is 6.67. The summed E-state index contributed by atoms with van der Waals surface area (Å²) in [5.41, 5.74) is 0. The second kappa shape index (κ2) is 6.99. The van der Waals surface area contributed by atoms with Gasteiger partial charge in [-0.05, 0) is 5.92 Å². The minimum absolute atomic E-state index is 0.0606. The van der Waals surface area contributed by atoms with Crippen molar-refractivity contribution in [2.24, 2.45) is 5.92 Å². The van der Waals surface area contributed by atoms with Crippen LogP contribution in [0.15, 0.2) is 0 Å². The number of rotatable bonds is 6. The highest BCUT2D eigenvalue weighted by molar-refractivity contribution is 4.36. The van der Waals surface area contributed by atoms with Gasteiger partial charge in [0.2, 0.25) is 0 Å². The van der Waals surface area contributed by atoms with Gasteiger partial charge in [-0.2, -0.15) is 0 Å². The highest BCUT2D eigenvalue weighted by Gasteiger charge is 1.92. The molecule has 0 aliphatic rings. The summed E-state index contributed by atoms with van der Waals surface area (Å²) < 4.78 is 9.92. The van der Waals surface area contributed by atoms with E-state index in [0.717, 1.165) is 0 Å². The zero-order valence-corrected chi connectivity index (χ0v) is 6.67. The van der Waals surface area contributed by atoms with E-state index >= 15 is 0 Å². The molecule has 0 atom stereocenters. The van der Waals surface area contributed by atoms with Gasteiger partial charge < -0.3 is 14.6 Å². The molecule has 0 fully saturated rings. The van der Waals surface area contributed by atoms with Gasteiger partial charge in [-0.1, -0.05) is 13.8 Å². The molecule has 0 aromatic rings. The second-order valence-electron chi connectivity index (χ2n) is 2.51. The van der Waals surface area contributed by atoms with Crippen LogP contribution in [0.5, 0.6) is 0 Å². The van der Waals surface area contributed by atoms with Gasteiger partial charge in [0.1, 0.15) is 6.79 Å². The van der Waals surface area contributed by atoms with E-state index in [2.05, 4.69) is 13.8 Å². The molecule has 0 saturated heterocycles. The predicted molar refractivity (Wildman–Crippen MR) is 38.7 cm³/mol. The smallest absolute Gasteiger partial charge is 0.146 e. The van der Waals surface area contributed by atoms with Crippen LogP contribution in [0, 0.1) is 5.92 Å². The van der Waals surface area contributed by atoms with E-state index in [9.17, 15) is 0 Å². The zero-order chi connectivity index (χ0) is 7.82. The Kier molecular flexibility index (Phi) is 6.91. The molecule has 0 radical (unpaired) electrons. The van der Waals surface area contributed by atoms with Crippen LogP contribution in [0.3, 0.4) is 0 Å². The van der Waals surface area contributed by atoms with Crippen molar-refractivity contribution >= 4 is 0 Å². The summed E-state index contributed by atoms with van der Waals surface area (Å²) in [5.74, 6) is 0.540. The fraction of sp³-hybridized carbons (Fsp3) is 1.00. The molecule has 3 heteroatoms. The number of hydrogen-bond donors (Lipinski definition) is 1. The molecule has 0 aromatic carbocycles. The van der Waals surface area contributed by atoms with Crippen LogP contribution < -0.4 is 0 Å². The number of aliphatic hydroxyl groups excluding tert-OH is 1. The van der Waals surface area contributed by atoms with Gasteiger partial charge in [0, 0.05) is 0 Å². The molecule has 0 aliphatic heterocycles. The highest BCUT2D eigenvalue weighted by Crippen LogP contribution is 1.91. The van der Waals surface area contributed by atoms with Crippen molar-refractivity contribution < 1.29 is 14.6 Å². The Labute approximate surface area is 62.0 Å². The fourth-order valence-corrected chi connectivity index (χ4v) is 0.466.